The Morgan fingerprint density at radius 2 is 0.269 bits per heavy atom. The van der Waals surface area contributed by atoms with Gasteiger partial charge in [-0.1, -0.05) is 0 Å². The summed E-state index contributed by atoms with van der Waals surface area (Å²) in [6.45, 7) is 0. The molecule has 0 fully saturated rings. The van der Waals surface area contributed by atoms with Gasteiger partial charge in [-0.3, -0.25) is 0 Å². The van der Waals surface area contributed by atoms with Crippen molar-refractivity contribution in [3.63, 3.8) is 0 Å². The van der Waals surface area contributed by atoms with Crippen LogP contribution in [0.25, 0.3) is 0 Å². The van der Waals surface area contributed by atoms with Gasteiger partial charge >= 0.3 is 51.7 Å². The van der Waals surface area contributed by atoms with Gasteiger partial charge < -0.3 is 91.9 Å². The molecule has 0 amide bonds. The molecule has 26 heteroatoms. The second kappa shape index (κ2) is 43.1. The van der Waals surface area contributed by atoms with Crippen molar-refractivity contribution in [2.45, 2.75) is 0 Å². The third kappa shape index (κ3) is 889. The molecule has 0 aromatic heterocycles. The van der Waals surface area contributed by atoms with E-state index < -0.39 is 30.5 Å². The molecule has 0 N–H and O–H groups in total. The second-order valence-corrected chi connectivity index (χ2v) is 1.34. The minimum Gasteiger partial charge on any atom is -0.356 e. The fourth-order valence-electron chi connectivity index (χ4n) is 0. The van der Waals surface area contributed by atoms with Gasteiger partial charge in [-0.2, -0.15) is 0 Å². The van der Waals surface area contributed by atoms with Gasteiger partial charge in [-0.05, 0) is 0 Å². The van der Waals surface area contributed by atoms with Crippen molar-refractivity contribution in [3.05, 3.63) is 91.9 Å². The second-order valence-electron chi connectivity index (χ2n) is 1.34. The summed E-state index contributed by atoms with van der Waals surface area (Å²) in [6, 6.07) is 0. The van der Waals surface area contributed by atoms with Crippen molar-refractivity contribution in [1.29, 1.82) is 0 Å². The summed E-state index contributed by atoms with van der Waals surface area (Å²) < 4.78 is 0. The van der Waals surface area contributed by atoms with Gasteiger partial charge in [-0.15, -0.1) is 0 Å². The van der Waals surface area contributed by atoms with Crippen LogP contribution in [0.3, 0.4) is 0 Å². The Bertz CT molecular complexity index is 261. The number of nitrogens with zero attached hydrogens (tertiary/aromatic N) is 6. The van der Waals surface area contributed by atoms with Gasteiger partial charge in [0.05, 0.1) is 30.5 Å². The minimum atomic E-state index is -1.75. The summed E-state index contributed by atoms with van der Waals surface area (Å²) in [5.74, 6) is 0. The Morgan fingerprint density at radius 3 is 0.269 bits per heavy atom. The average molecular weight is 602 g/mol. The Balaban J connectivity index is -0.0000000245. The molecule has 26 heavy (non-hydrogen) atoms. The van der Waals surface area contributed by atoms with Gasteiger partial charge in [0, 0.05) is 0 Å². The molecule has 0 aliphatic rings. The molecule has 0 spiro atoms. The van der Waals surface area contributed by atoms with Crippen LogP contribution in [0.4, 0.5) is 0 Å². The third-order valence-electron chi connectivity index (χ3n) is 0. The van der Waals surface area contributed by atoms with Crippen LogP contribution >= 0.6 is 0 Å². The van der Waals surface area contributed by atoms with Crippen molar-refractivity contribution in [3.8, 4) is 0 Å². The first-order chi connectivity index (χ1) is 10.4. The minimum absolute atomic E-state index is 0. The van der Waals surface area contributed by atoms with E-state index in [1.807, 2.05) is 0 Å². The van der Waals surface area contributed by atoms with Crippen LogP contribution in [0.1, 0.15) is 0 Å². The summed E-state index contributed by atoms with van der Waals surface area (Å²) in [5, 5.41) is 88.5. The van der Waals surface area contributed by atoms with Crippen molar-refractivity contribution in [2.75, 3.05) is 0 Å². The van der Waals surface area contributed by atoms with Crippen LogP contribution in [0.2, 0.25) is 0 Å². The molecule has 0 aromatic carbocycles. The van der Waals surface area contributed by atoms with Gasteiger partial charge in [-0.25, -0.2) is 0 Å². The molecule has 0 rings (SSSR count). The van der Waals surface area contributed by atoms with E-state index in [2.05, 4.69) is 0 Å². The Hall–Kier alpha value is -3.06. The van der Waals surface area contributed by atoms with E-state index in [-0.39, 0.29) is 51.7 Å². The van der Waals surface area contributed by atoms with E-state index >= 15 is 0 Å². The molecule has 0 aliphatic carbocycles. The van der Waals surface area contributed by atoms with Crippen molar-refractivity contribution >= 4 is 51.7 Å². The van der Waals surface area contributed by atoms with Gasteiger partial charge in [0.2, 0.25) is 0 Å². The van der Waals surface area contributed by atoms with Crippen molar-refractivity contribution in [2.24, 2.45) is 0 Å². The molecule has 0 aromatic rings. The fourth-order valence-corrected chi connectivity index (χ4v) is 0. The Kier molecular flexibility index (Phi) is 82.0. The summed E-state index contributed by atoms with van der Waals surface area (Å²) in [4.78, 5) is 49.5. The maximum Gasteiger partial charge on any atom is 3.00 e. The smallest absolute Gasteiger partial charge is 0.356 e. The first-order valence-electron chi connectivity index (χ1n) is 3.29. The van der Waals surface area contributed by atoms with E-state index in [1.54, 1.807) is 0 Å². The molecule has 0 saturated carbocycles. The molecule has 0 bridgehead atoms. The predicted octanol–water partition coefficient (Wildman–Crippen LogP) is -2.20. The quantitative estimate of drug-likeness (QED) is 0.210. The van der Waals surface area contributed by atoms with Gasteiger partial charge in [0.25, 0.3) is 0 Å². The van der Waals surface area contributed by atoms with Crippen molar-refractivity contribution in [1.82, 2.24) is 0 Å². The summed E-state index contributed by atoms with van der Waals surface area (Å²) >= 11 is 0. The van der Waals surface area contributed by atoms with E-state index in [9.17, 15) is 0 Å². The topological polar surface area (TPSA) is 397 Å². The zero-order valence-corrected chi connectivity index (χ0v) is 17.8. The largest absolute Gasteiger partial charge is 3.00 e. The molecule has 0 unspecified atom stereocenters. The summed E-state index contributed by atoms with van der Waals surface area (Å²) in [7, 11) is 0. The van der Waals surface area contributed by atoms with Gasteiger partial charge in [0.15, 0.2) is 0 Å². The SMILES string of the molecule is O=[N+]([O-])[O-].O=[N+]([O-])[O-].O=[N+]([O-])[O-].O=[N+]([O-])[O-].O=[N+]([O-])[O-].O=[N+]([O-])[O-].[In+3].[In+3]. The zero-order valence-electron chi connectivity index (χ0n) is 11.2. The molecule has 0 heterocycles. The average Bonchev–Trinajstić information content (AvgIpc) is 2.08. The molecule has 24 nitrogen and oxygen atoms in total. The first-order valence-corrected chi connectivity index (χ1v) is 3.29. The van der Waals surface area contributed by atoms with E-state index in [0.717, 1.165) is 0 Å². The van der Waals surface area contributed by atoms with E-state index in [4.69, 9.17) is 91.9 Å². The maximum absolute atomic E-state index is 8.25. The molecular formula is In2N6O18. The molecule has 0 aliphatic heterocycles. The monoisotopic (exact) mass is 602 g/mol. The molecule has 0 radical (unpaired) electrons. The molecule has 0 atom stereocenters. The van der Waals surface area contributed by atoms with Crippen LogP contribution < -0.4 is 0 Å². The zero-order chi connectivity index (χ0) is 21.5. The standard InChI is InChI=1S/2In.6NO3/c;;6*2-1(3)4/q2*+3;6*-1. The molecular weight excluding hydrogens is 602 g/mol. The van der Waals surface area contributed by atoms with E-state index in [0.29, 0.717) is 0 Å². The normalized spacial score (nSPS) is 5.54. The van der Waals surface area contributed by atoms with Crippen molar-refractivity contribution < 1.29 is 30.5 Å². The van der Waals surface area contributed by atoms with Crippen LogP contribution in [0.5, 0.6) is 0 Å². The maximum atomic E-state index is 8.25. The fraction of sp³-hybridized carbons (Fsp3) is 0. The van der Waals surface area contributed by atoms with Crippen LogP contribution in [-0.4, -0.2) is 82.2 Å². The number of rotatable bonds is 0. The molecule has 0 saturated heterocycles. The van der Waals surface area contributed by atoms with E-state index in [1.165, 1.54) is 0 Å². The number of hydrogen-bond donors (Lipinski definition) is 0. The third-order valence-corrected chi connectivity index (χ3v) is 0. The summed E-state index contributed by atoms with van der Waals surface area (Å²) in [5.41, 5.74) is 0. The number of hydrogen-bond acceptors (Lipinski definition) is 18. The first kappa shape index (κ1) is 49.5. The predicted molar refractivity (Wildman–Crippen MR) is 73.7 cm³/mol. The Morgan fingerprint density at radius 1 is 0.269 bits per heavy atom. The summed E-state index contributed by atoms with van der Waals surface area (Å²) in [6.07, 6.45) is 0. The van der Waals surface area contributed by atoms with Crippen LogP contribution in [0, 0.1) is 91.9 Å². The van der Waals surface area contributed by atoms with Crippen LogP contribution in [0.15, 0.2) is 0 Å². The van der Waals surface area contributed by atoms with Crippen LogP contribution in [-0.2, 0) is 0 Å². The van der Waals surface area contributed by atoms with Gasteiger partial charge in [0.1, 0.15) is 0 Å². The Labute approximate surface area is 174 Å². The molecule has 144 valence electrons.